The van der Waals surface area contributed by atoms with Crippen LogP contribution >= 0.6 is 0 Å². The van der Waals surface area contributed by atoms with E-state index in [2.05, 4.69) is 5.32 Å². The van der Waals surface area contributed by atoms with E-state index >= 15 is 0 Å². The Labute approximate surface area is 94.8 Å². The minimum Gasteiger partial charge on any atom is -0.397 e. The number of hydrogen-bond donors (Lipinski definition) is 2. The van der Waals surface area contributed by atoms with Crippen LogP contribution in [0, 0.1) is 11.7 Å². The smallest absolute Gasteiger partial charge is 0.224 e. The summed E-state index contributed by atoms with van der Waals surface area (Å²) in [6.45, 7) is 4.06. The second-order valence-electron chi connectivity index (χ2n) is 4.18. The van der Waals surface area contributed by atoms with Crippen molar-refractivity contribution < 1.29 is 9.18 Å². The molecule has 3 nitrogen and oxygen atoms in total. The van der Waals surface area contributed by atoms with Gasteiger partial charge in [-0.15, -0.1) is 0 Å². The Hall–Kier alpha value is -1.58. The SMILES string of the molecule is CC(C)CCC(=O)Nc1c(N)cccc1F. The van der Waals surface area contributed by atoms with Gasteiger partial charge in [0.2, 0.25) is 5.91 Å². The number of carbonyl (C=O) groups is 1. The molecule has 4 heteroatoms. The topological polar surface area (TPSA) is 55.1 Å². The molecule has 0 aromatic heterocycles. The standard InChI is InChI=1S/C12H17FN2O/c1-8(2)6-7-11(16)15-12-9(13)4-3-5-10(12)14/h3-5,8H,6-7,14H2,1-2H3,(H,15,16). The maximum Gasteiger partial charge on any atom is 0.224 e. The molecule has 0 saturated carbocycles. The number of benzene rings is 1. The van der Waals surface area contributed by atoms with E-state index in [0.29, 0.717) is 12.3 Å². The Bertz CT molecular complexity index is 357. The molecule has 3 N–H and O–H groups in total. The molecule has 0 aliphatic carbocycles. The largest absolute Gasteiger partial charge is 0.397 e. The quantitative estimate of drug-likeness (QED) is 0.773. The Kier molecular flexibility index (Phi) is 4.28. The summed E-state index contributed by atoms with van der Waals surface area (Å²) in [5.41, 5.74) is 5.90. The predicted molar refractivity (Wildman–Crippen MR) is 63.5 cm³/mol. The van der Waals surface area contributed by atoms with Crippen molar-refractivity contribution in [3.8, 4) is 0 Å². The van der Waals surface area contributed by atoms with Gasteiger partial charge in [0.15, 0.2) is 0 Å². The number of hydrogen-bond acceptors (Lipinski definition) is 2. The van der Waals surface area contributed by atoms with Crippen LogP contribution in [0.4, 0.5) is 15.8 Å². The zero-order chi connectivity index (χ0) is 12.1. The summed E-state index contributed by atoms with van der Waals surface area (Å²) in [4.78, 5) is 11.5. The number of nitrogens with two attached hydrogens (primary N) is 1. The molecular formula is C12H17FN2O. The molecule has 0 unspecified atom stereocenters. The Balaban J connectivity index is 2.63. The van der Waals surface area contributed by atoms with E-state index in [1.54, 1.807) is 6.07 Å². The molecule has 0 heterocycles. The molecule has 1 rings (SSSR count). The average Bonchev–Trinajstić information content (AvgIpc) is 2.21. The first-order chi connectivity index (χ1) is 7.50. The van der Waals surface area contributed by atoms with Gasteiger partial charge in [-0.25, -0.2) is 4.39 Å². The monoisotopic (exact) mass is 224 g/mol. The molecule has 0 atom stereocenters. The average molecular weight is 224 g/mol. The van der Waals surface area contributed by atoms with Crippen LogP contribution in [0.3, 0.4) is 0 Å². The lowest BCUT2D eigenvalue weighted by molar-refractivity contribution is -0.116. The minimum absolute atomic E-state index is 0.0799. The first kappa shape index (κ1) is 12.5. The van der Waals surface area contributed by atoms with Gasteiger partial charge < -0.3 is 11.1 Å². The van der Waals surface area contributed by atoms with Gasteiger partial charge in [-0.3, -0.25) is 4.79 Å². The van der Waals surface area contributed by atoms with Gasteiger partial charge in [-0.05, 0) is 24.5 Å². The number of nitrogens with one attached hydrogen (secondary N) is 1. The van der Waals surface area contributed by atoms with Crippen LogP contribution in [-0.4, -0.2) is 5.91 Å². The third-order valence-electron chi connectivity index (χ3n) is 2.26. The van der Waals surface area contributed by atoms with E-state index in [1.807, 2.05) is 13.8 Å². The summed E-state index contributed by atoms with van der Waals surface area (Å²) in [7, 11) is 0. The Morgan fingerprint density at radius 3 is 2.75 bits per heavy atom. The van der Waals surface area contributed by atoms with Crippen molar-refractivity contribution in [3.05, 3.63) is 24.0 Å². The second-order valence-corrected chi connectivity index (χ2v) is 4.18. The van der Waals surface area contributed by atoms with Gasteiger partial charge in [0.05, 0.1) is 5.69 Å². The van der Waals surface area contributed by atoms with Gasteiger partial charge in [-0.2, -0.15) is 0 Å². The fourth-order valence-electron chi connectivity index (χ4n) is 1.29. The number of carbonyl (C=O) groups excluding carboxylic acids is 1. The van der Waals surface area contributed by atoms with Crippen molar-refractivity contribution in [2.45, 2.75) is 26.7 Å². The zero-order valence-electron chi connectivity index (χ0n) is 9.59. The molecule has 0 spiro atoms. The van der Waals surface area contributed by atoms with E-state index in [1.165, 1.54) is 12.1 Å². The molecule has 16 heavy (non-hydrogen) atoms. The predicted octanol–water partition coefficient (Wildman–Crippen LogP) is 2.78. The molecule has 1 amide bonds. The van der Waals surface area contributed by atoms with E-state index in [-0.39, 0.29) is 17.3 Å². The van der Waals surface area contributed by atoms with Gasteiger partial charge in [0.25, 0.3) is 0 Å². The first-order valence-corrected chi connectivity index (χ1v) is 5.34. The van der Waals surface area contributed by atoms with Crippen LogP contribution < -0.4 is 11.1 Å². The Morgan fingerprint density at radius 1 is 1.50 bits per heavy atom. The highest BCUT2D eigenvalue weighted by atomic mass is 19.1. The highest BCUT2D eigenvalue weighted by Crippen LogP contribution is 2.22. The summed E-state index contributed by atoms with van der Waals surface area (Å²) >= 11 is 0. The lowest BCUT2D eigenvalue weighted by Gasteiger charge is -2.09. The van der Waals surface area contributed by atoms with E-state index in [9.17, 15) is 9.18 Å². The van der Waals surface area contributed by atoms with E-state index in [0.717, 1.165) is 6.42 Å². The number of rotatable bonds is 4. The summed E-state index contributed by atoms with van der Waals surface area (Å²) in [6, 6.07) is 4.34. The van der Waals surface area contributed by atoms with Crippen LogP contribution in [0.2, 0.25) is 0 Å². The number of halogens is 1. The summed E-state index contributed by atoms with van der Waals surface area (Å²) in [5.74, 6) is -0.257. The fraction of sp³-hybridized carbons (Fsp3) is 0.417. The molecule has 0 saturated heterocycles. The number of amides is 1. The molecule has 0 bridgehead atoms. The summed E-state index contributed by atoms with van der Waals surface area (Å²) < 4.78 is 13.3. The Morgan fingerprint density at radius 2 is 2.19 bits per heavy atom. The van der Waals surface area contributed by atoms with Crippen LogP contribution in [0.25, 0.3) is 0 Å². The van der Waals surface area contributed by atoms with Crippen molar-refractivity contribution in [3.63, 3.8) is 0 Å². The molecular weight excluding hydrogens is 207 g/mol. The molecule has 0 aliphatic rings. The van der Waals surface area contributed by atoms with Crippen LogP contribution in [0.5, 0.6) is 0 Å². The number of nitrogen functional groups attached to an aromatic ring is 1. The maximum absolute atomic E-state index is 13.3. The molecule has 1 aromatic rings. The summed E-state index contributed by atoms with van der Waals surface area (Å²) in [6.07, 6.45) is 1.16. The van der Waals surface area contributed by atoms with Crippen LogP contribution in [0.1, 0.15) is 26.7 Å². The van der Waals surface area contributed by atoms with Crippen molar-refractivity contribution in [1.29, 1.82) is 0 Å². The van der Waals surface area contributed by atoms with E-state index in [4.69, 9.17) is 5.73 Å². The fourth-order valence-corrected chi connectivity index (χ4v) is 1.29. The van der Waals surface area contributed by atoms with Gasteiger partial charge in [0.1, 0.15) is 11.5 Å². The van der Waals surface area contributed by atoms with Crippen molar-refractivity contribution in [2.24, 2.45) is 5.92 Å². The van der Waals surface area contributed by atoms with Crippen molar-refractivity contribution in [2.75, 3.05) is 11.1 Å². The van der Waals surface area contributed by atoms with Gasteiger partial charge in [-0.1, -0.05) is 19.9 Å². The zero-order valence-corrected chi connectivity index (χ0v) is 9.59. The molecule has 0 radical (unpaired) electrons. The van der Waals surface area contributed by atoms with Crippen molar-refractivity contribution in [1.82, 2.24) is 0 Å². The minimum atomic E-state index is -0.502. The lowest BCUT2D eigenvalue weighted by atomic mass is 10.1. The molecule has 88 valence electrons. The third kappa shape index (κ3) is 3.53. The second kappa shape index (κ2) is 5.49. The number of anilines is 2. The molecule has 0 aliphatic heterocycles. The van der Waals surface area contributed by atoms with Gasteiger partial charge >= 0.3 is 0 Å². The molecule has 0 fully saturated rings. The number of para-hydroxylation sites is 1. The van der Waals surface area contributed by atoms with Gasteiger partial charge in [0, 0.05) is 6.42 Å². The lowest BCUT2D eigenvalue weighted by Crippen LogP contribution is -2.14. The van der Waals surface area contributed by atoms with Crippen LogP contribution in [0.15, 0.2) is 18.2 Å². The molecule has 1 aromatic carbocycles. The first-order valence-electron chi connectivity index (χ1n) is 5.34. The van der Waals surface area contributed by atoms with E-state index < -0.39 is 5.82 Å². The highest BCUT2D eigenvalue weighted by molar-refractivity contribution is 5.93. The summed E-state index contributed by atoms with van der Waals surface area (Å²) in [5, 5.41) is 2.49. The maximum atomic E-state index is 13.3. The third-order valence-corrected chi connectivity index (χ3v) is 2.26. The van der Waals surface area contributed by atoms with Crippen molar-refractivity contribution >= 4 is 17.3 Å². The normalized spacial score (nSPS) is 10.5. The van der Waals surface area contributed by atoms with Crippen LogP contribution in [-0.2, 0) is 4.79 Å². The highest BCUT2D eigenvalue weighted by Gasteiger charge is 2.10.